The van der Waals surface area contributed by atoms with Crippen molar-refractivity contribution < 1.29 is 13.3 Å². The Labute approximate surface area is 95.5 Å². The quantitative estimate of drug-likeness (QED) is 0.543. The monoisotopic (exact) mass is 234 g/mol. The number of rotatable bonds is 10. The molecule has 92 valence electrons. The van der Waals surface area contributed by atoms with Crippen molar-refractivity contribution in [3.63, 3.8) is 0 Å². The molecule has 0 saturated heterocycles. The predicted molar refractivity (Wildman–Crippen MR) is 65.0 cm³/mol. The first kappa shape index (κ1) is 15.1. The van der Waals surface area contributed by atoms with E-state index < -0.39 is 8.80 Å². The molecular weight excluding hydrogens is 208 g/mol. The summed E-state index contributed by atoms with van der Waals surface area (Å²) in [5.74, 6) is 0. The van der Waals surface area contributed by atoms with E-state index in [4.69, 9.17) is 13.3 Å². The van der Waals surface area contributed by atoms with Gasteiger partial charge in [-0.2, -0.15) is 0 Å². The van der Waals surface area contributed by atoms with Gasteiger partial charge in [0, 0.05) is 26.4 Å². The van der Waals surface area contributed by atoms with E-state index in [-0.39, 0.29) is 0 Å². The summed E-state index contributed by atoms with van der Waals surface area (Å²) < 4.78 is 17.2. The predicted octanol–water partition coefficient (Wildman–Crippen LogP) is 3.23. The van der Waals surface area contributed by atoms with Gasteiger partial charge in [0.1, 0.15) is 0 Å². The maximum absolute atomic E-state index is 5.83. The summed E-state index contributed by atoms with van der Waals surface area (Å²) in [5.41, 5.74) is 0. The van der Waals surface area contributed by atoms with Crippen LogP contribution in [0.2, 0.25) is 6.04 Å². The van der Waals surface area contributed by atoms with Crippen LogP contribution in [0.15, 0.2) is 0 Å². The van der Waals surface area contributed by atoms with Gasteiger partial charge in [-0.3, -0.25) is 0 Å². The molecule has 0 aromatic rings. The van der Waals surface area contributed by atoms with Gasteiger partial charge >= 0.3 is 8.80 Å². The number of unbranched alkanes of at least 4 members (excludes halogenated alkanes) is 1. The molecule has 0 unspecified atom stereocenters. The molecule has 4 heteroatoms. The van der Waals surface area contributed by atoms with E-state index in [0.717, 1.165) is 44.9 Å². The van der Waals surface area contributed by atoms with Crippen LogP contribution in [-0.2, 0) is 13.3 Å². The summed E-state index contributed by atoms with van der Waals surface area (Å²) in [6, 6.07) is 0.944. The third kappa shape index (κ3) is 6.30. The standard InChI is InChI=1S/C11H26O3Si/c1-5-8-11-15(12-4,13-9-6-2)14-10-7-3/h5-11H2,1-4H3. The lowest BCUT2D eigenvalue weighted by Crippen LogP contribution is -2.45. The zero-order chi connectivity index (χ0) is 11.6. The second kappa shape index (κ2) is 9.33. The van der Waals surface area contributed by atoms with Gasteiger partial charge < -0.3 is 13.3 Å². The summed E-state index contributed by atoms with van der Waals surface area (Å²) in [6.07, 6.45) is 4.30. The number of hydrogen-bond donors (Lipinski definition) is 0. The van der Waals surface area contributed by atoms with Gasteiger partial charge in [-0.15, -0.1) is 0 Å². The zero-order valence-electron chi connectivity index (χ0n) is 10.7. The summed E-state index contributed by atoms with van der Waals surface area (Å²) in [6.45, 7) is 7.87. The molecule has 3 nitrogen and oxygen atoms in total. The van der Waals surface area contributed by atoms with Crippen LogP contribution in [0.25, 0.3) is 0 Å². The molecule has 0 fully saturated rings. The largest absolute Gasteiger partial charge is 0.500 e. The smallest absolute Gasteiger partial charge is 0.377 e. The van der Waals surface area contributed by atoms with Crippen molar-refractivity contribution in [3.8, 4) is 0 Å². The van der Waals surface area contributed by atoms with Gasteiger partial charge in [-0.1, -0.05) is 27.2 Å². The molecule has 0 saturated carbocycles. The minimum Gasteiger partial charge on any atom is -0.377 e. The zero-order valence-corrected chi connectivity index (χ0v) is 11.7. The molecular formula is C11H26O3Si. The van der Waals surface area contributed by atoms with Crippen molar-refractivity contribution >= 4 is 8.80 Å². The Balaban J connectivity index is 4.16. The van der Waals surface area contributed by atoms with E-state index >= 15 is 0 Å². The molecule has 0 spiro atoms. The number of hydrogen-bond acceptors (Lipinski definition) is 3. The van der Waals surface area contributed by atoms with Crippen LogP contribution in [0, 0.1) is 0 Å². The Hall–Kier alpha value is 0.0969. The van der Waals surface area contributed by atoms with Gasteiger partial charge in [0.2, 0.25) is 0 Å². The first-order valence-corrected chi connectivity index (χ1v) is 8.00. The second-order valence-electron chi connectivity index (χ2n) is 3.69. The van der Waals surface area contributed by atoms with Crippen molar-refractivity contribution in [2.45, 2.75) is 52.5 Å². The third-order valence-corrected chi connectivity index (χ3v) is 5.08. The maximum Gasteiger partial charge on any atom is 0.500 e. The molecule has 0 bridgehead atoms. The average Bonchev–Trinajstić information content (AvgIpc) is 2.29. The first-order valence-electron chi connectivity index (χ1n) is 6.07. The van der Waals surface area contributed by atoms with Crippen LogP contribution in [0.4, 0.5) is 0 Å². The van der Waals surface area contributed by atoms with E-state index in [9.17, 15) is 0 Å². The lowest BCUT2D eigenvalue weighted by molar-refractivity contribution is 0.0768. The van der Waals surface area contributed by atoms with Crippen molar-refractivity contribution in [2.75, 3.05) is 20.3 Å². The molecule has 0 aromatic carbocycles. The Bertz CT molecular complexity index is 120. The molecule has 0 aliphatic rings. The average molecular weight is 234 g/mol. The van der Waals surface area contributed by atoms with Crippen LogP contribution in [0.5, 0.6) is 0 Å². The Morgan fingerprint density at radius 3 is 1.73 bits per heavy atom. The highest BCUT2D eigenvalue weighted by molar-refractivity contribution is 6.60. The van der Waals surface area contributed by atoms with Crippen LogP contribution in [0.1, 0.15) is 46.5 Å². The van der Waals surface area contributed by atoms with Crippen molar-refractivity contribution in [1.29, 1.82) is 0 Å². The van der Waals surface area contributed by atoms with Gasteiger partial charge in [-0.05, 0) is 19.3 Å². The summed E-state index contributed by atoms with van der Waals surface area (Å²) in [7, 11) is -0.617. The van der Waals surface area contributed by atoms with Gasteiger partial charge in [0.25, 0.3) is 0 Å². The third-order valence-electron chi connectivity index (χ3n) is 2.20. The fraction of sp³-hybridized carbons (Fsp3) is 1.00. The van der Waals surface area contributed by atoms with E-state index in [1.54, 1.807) is 7.11 Å². The molecule has 0 radical (unpaired) electrons. The summed E-state index contributed by atoms with van der Waals surface area (Å²) >= 11 is 0. The van der Waals surface area contributed by atoms with Crippen molar-refractivity contribution in [3.05, 3.63) is 0 Å². The maximum atomic E-state index is 5.83. The minimum atomic E-state index is -2.33. The lowest BCUT2D eigenvalue weighted by atomic mass is 10.4. The molecule has 0 heterocycles. The van der Waals surface area contributed by atoms with Crippen LogP contribution >= 0.6 is 0 Å². The van der Waals surface area contributed by atoms with E-state index in [1.807, 2.05) is 0 Å². The van der Waals surface area contributed by atoms with Crippen LogP contribution in [-0.4, -0.2) is 29.1 Å². The molecule has 0 aliphatic heterocycles. The minimum absolute atomic E-state index is 0.744. The molecule has 0 rings (SSSR count). The van der Waals surface area contributed by atoms with Crippen molar-refractivity contribution in [1.82, 2.24) is 0 Å². The van der Waals surface area contributed by atoms with Crippen molar-refractivity contribution in [2.24, 2.45) is 0 Å². The fourth-order valence-electron chi connectivity index (χ4n) is 1.31. The molecule has 0 N–H and O–H groups in total. The topological polar surface area (TPSA) is 27.7 Å². The molecule has 0 aromatic heterocycles. The second-order valence-corrected chi connectivity index (χ2v) is 6.54. The highest BCUT2D eigenvalue weighted by atomic mass is 28.4. The van der Waals surface area contributed by atoms with E-state index in [0.29, 0.717) is 0 Å². The molecule has 0 atom stereocenters. The molecule has 15 heavy (non-hydrogen) atoms. The van der Waals surface area contributed by atoms with E-state index in [1.165, 1.54) is 0 Å². The fourth-order valence-corrected chi connectivity index (χ4v) is 3.94. The SMILES string of the molecule is CCCC[Si](OC)(OCCC)OCCC. The van der Waals surface area contributed by atoms with Gasteiger partial charge in [0.05, 0.1) is 0 Å². The Morgan fingerprint density at radius 1 is 0.867 bits per heavy atom. The highest BCUT2D eigenvalue weighted by Crippen LogP contribution is 2.18. The molecule has 0 aliphatic carbocycles. The van der Waals surface area contributed by atoms with Gasteiger partial charge in [0.15, 0.2) is 0 Å². The molecule has 0 amide bonds. The highest BCUT2D eigenvalue weighted by Gasteiger charge is 2.38. The Morgan fingerprint density at radius 2 is 1.40 bits per heavy atom. The van der Waals surface area contributed by atoms with Crippen LogP contribution < -0.4 is 0 Å². The van der Waals surface area contributed by atoms with E-state index in [2.05, 4.69) is 20.8 Å². The van der Waals surface area contributed by atoms with Crippen LogP contribution in [0.3, 0.4) is 0 Å². The summed E-state index contributed by atoms with van der Waals surface area (Å²) in [5, 5.41) is 0. The Kier molecular flexibility index (Phi) is 9.39. The first-order chi connectivity index (χ1) is 7.24. The van der Waals surface area contributed by atoms with Gasteiger partial charge in [-0.25, -0.2) is 0 Å². The normalized spacial score (nSPS) is 12.0. The summed E-state index contributed by atoms with van der Waals surface area (Å²) in [4.78, 5) is 0. The lowest BCUT2D eigenvalue weighted by Gasteiger charge is -2.27.